The molecule has 0 aliphatic carbocycles. The third-order valence-corrected chi connectivity index (χ3v) is 2.84. The molecule has 0 bridgehead atoms. The van der Waals surface area contributed by atoms with Crippen LogP contribution in [0.5, 0.6) is 0 Å². The molecule has 1 heterocycles. The molecule has 0 aromatic heterocycles. The van der Waals surface area contributed by atoms with Crippen LogP contribution < -0.4 is 0 Å². The van der Waals surface area contributed by atoms with Gasteiger partial charge in [0, 0.05) is 6.42 Å². The van der Waals surface area contributed by atoms with Crippen molar-refractivity contribution in [3.8, 4) is 0 Å². The van der Waals surface area contributed by atoms with E-state index in [4.69, 9.17) is 14.6 Å². The van der Waals surface area contributed by atoms with Gasteiger partial charge in [-0.3, -0.25) is 4.79 Å². The van der Waals surface area contributed by atoms with Gasteiger partial charge in [-0.15, -0.1) is 0 Å². The molecule has 4 atom stereocenters. The monoisotopic (exact) mass is 202 g/mol. The Morgan fingerprint density at radius 2 is 2.14 bits per heavy atom. The first kappa shape index (κ1) is 11.5. The Hall–Kier alpha value is -0.610. The molecule has 1 fully saturated rings. The van der Waals surface area contributed by atoms with E-state index in [9.17, 15) is 4.79 Å². The van der Waals surface area contributed by atoms with Gasteiger partial charge in [-0.2, -0.15) is 0 Å². The van der Waals surface area contributed by atoms with Crippen LogP contribution in [0.25, 0.3) is 0 Å². The molecule has 0 aromatic rings. The molecule has 0 spiro atoms. The maximum atomic E-state index is 10.9. The Bertz CT molecular complexity index is 216. The summed E-state index contributed by atoms with van der Waals surface area (Å²) in [5.74, 6) is -1.34. The lowest BCUT2D eigenvalue weighted by Gasteiger charge is -2.42. The minimum atomic E-state index is -0.825. The highest BCUT2D eigenvalue weighted by Crippen LogP contribution is 2.34. The second kappa shape index (κ2) is 3.87. The molecule has 4 heteroatoms. The van der Waals surface area contributed by atoms with E-state index in [1.54, 1.807) is 13.8 Å². The Morgan fingerprint density at radius 3 is 2.57 bits per heavy atom. The zero-order valence-corrected chi connectivity index (χ0v) is 9.11. The van der Waals surface area contributed by atoms with Crippen molar-refractivity contribution in [2.24, 2.45) is 5.92 Å². The molecular formula is C10H18O4. The second-order valence-corrected chi connectivity index (χ2v) is 4.21. The van der Waals surface area contributed by atoms with Crippen LogP contribution in [0.4, 0.5) is 0 Å². The van der Waals surface area contributed by atoms with Crippen molar-refractivity contribution in [2.45, 2.75) is 52.1 Å². The van der Waals surface area contributed by atoms with E-state index in [2.05, 4.69) is 0 Å². The summed E-state index contributed by atoms with van der Waals surface area (Å²) in [5, 5.41) is 8.95. The molecule has 0 aromatic carbocycles. The summed E-state index contributed by atoms with van der Waals surface area (Å²) in [5.41, 5.74) is -0.622. The fourth-order valence-corrected chi connectivity index (χ4v) is 1.94. The highest BCUT2D eigenvalue weighted by Gasteiger charge is 2.43. The molecule has 1 rings (SSSR count). The summed E-state index contributed by atoms with van der Waals surface area (Å²) in [6.07, 6.45) is 0.334. The van der Waals surface area contributed by atoms with Crippen molar-refractivity contribution in [3.63, 3.8) is 0 Å². The van der Waals surface area contributed by atoms with Crippen molar-refractivity contribution >= 4 is 5.97 Å². The quantitative estimate of drug-likeness (QED) is 0.739. The first-order chi connectivity index (χ1) is 6.35. The SMILES string of the molecule is CC1CC(C)(C(C)C(=O)O)OC(C)O1. The topological polar surface area (TPSA) is 55.8 Å². The van der Waals surface area contributed by atoms with Gasteiger partial charge in [0.1, 0.15) is 0 Å². The van der Waals surface area contributed by atoms with Crippen molar-refractivity contribution in [3.05, 3.63) is 0 Å². The predicted molar refractivity (Wildman–Crippen MR) is 50.9 cm³/mol. The summed E-state index contributed by atoms with van der Waals surface area (Å²) in [7, 11) is 0. The van der Waals surface area contributed by atoms with Crippen LogP contribution in [0.2, 0.25) is 0 Å². The van der Waals surface area contributed by atoms with Crippen LogP contribution in [-0.4, -0.2) is 29.1 Å². The second-order valence-electron chi connectivity index (χ2n) is 4.21. The summed E-state index contributed by atoms with van der Waals surface area (Å²) in [6.45, 7) is 7.24. The first-order valence-corrected chi connectivity index (χ1v) is 4.91. The molecule has 0 amide bonds. The van der Waals surface area contributed by atoms with E-state index in [-0.39, 0.29) is 12.4 Å². The third kappa shape index (κ3) is 2.25. The number of hydrogen-bond acceptors (Lipinski definition) is 3. The minimum Gasteiger partial charge on any atom is -0.481 e. The van der Waals surface area contributed by atoms with Gasteiger partial charge in [-0.25, -0.2) is 0 Å². The maximum absolute atomic E-state index is 10.9. The van der Waals surface area contributed by atoms with E-state index in [0.717, 1.165) is 0 Å². The van der Waals surface area contributed by atoms with Crippen LogP contribution in [0.15, 0.2) is 0 Å². The fraction of sp³-hybridized carbons (Fsp3) is 0.900. The molecule has 82 valence electrons. The van der Waals surface area contributed by atoms with Gasteiger partial charge < -0.3 is 14.6 Å². The van der Waals surface area contributed by atoms with E-state index >= 15 is 0 Å². The maximum Gasteiger partial charge on any atom is 0.309 e. The standard InChI is InChI=1S/C10H18O4/c1-6-5-10(4,7(2)9(11)12)14-8(3)13-6/h6-8H,5H2,1-4H3,(H,11,12). The Kier molecular flexibility index (Phi) is 3.17. The lowest BCUT2D eigenvalue weighted by atomic mass is 9.85. The molecule has 0 saturated carbocycles. The van der Waals surface area contributed by atoms with Crippen LogP contribution in [0.1, 0.15) is 34.1 Å². The van der Waals surface area contributed by atoms with Gasteiger partial charge in [0.25, 0.3) is 0 Å². The first-order valence-electron chi connectivity index (χ1n) is 4.91. The van der Waals surface area contributed by atoms with Crippen LogP contribution in [-0.2, 0) is 14.3 Å². The number of aliphatic carboxylic acids is 1. The van der Waals surface area contributed by atoms with E-state index < -0.39 is 17.5 Å². The molecule has 1 aliphatic rings. The van der Waals surface area contributed by atoms with Gasteiger partial charge >= 0.3 is 5.97 Å². The molecular weight excluding hydrogens is 184 g/mol. The van der Waals surface area contributed by atoms with Gasteiger partial charge in [0.2, 0.25) is 0 Å². The van der Waals surface area contributed by atoms with Gasteiger partial charge in [-0.1, -0.05) is 0 Å². The van der Waals surface area contributed by atoms with Crippen LogP contribution >= 0.6 is 0 Å². The fourth-order valence-electron chi connectivity index (χ4n) is 1.94. The summed E-state index contributed by atoms with van der Waals surface area (Å²) in [6, 6.07) is 0. The van der Waals surface area contributed by atoms with Crippen molar-refractivity contribution < 1.29 is 19.4 Å². The smallest absolute Gasteiger partial charge is 0.309 e. The van der Waals surface area contributed by atoms with Gasteiger partial charge in [-0.05, 0) is 27.7 Å². The van der Waals surface area contributed by atoms with Gasteiger partial charge in [0.05, 0.1) is 17.6 Å². The molecule has 4 unspecified atom stereocenters. The average molecular weight is 202 g/mol. The summed E-state index contributed by atoms with van der Waals surface area (Å²) in [4.78, 5) is 10.9. The highest BCUT2D eigenvalue weighted by molar-refractivity contribution is 5.71. The van der Waals surface area contributed by atoms with Gasteiger partial charge in [0.15, 0.2) is 6.29 Å². The summed E-state index contributed by atoms with van der Waals surface area (Å²) >= 11 is 0. The van der Waals surface area contributed by atoms with Crippen LogP contribution in [0.3, 0.4) is 0 Å². The molecule has 14 heavy (non-hydrogen) atoms. The molecule has 4 nitrogen and oxygen atoms in total. The van der Waals surface area contributed by atoms with Crippen molar-refractivity contribution in [1.82, 2.24) is 0 Å². The molecule has 1 saturated heterocycles. The lowest BCUT2D eigenvalue weighted by molar-refractivity contribution is -0.278. The average Bonchev–Trinajstić information content (AvgIpc) is 1.99. The van der Waals surface area contributed by atoms with Crippen molar-refractivity contribution in [2.75, 3.05) is 0 Å². The third-order valence-electron chi connectivity index (χ3n) is 2.84. The normalized spacial score (nSPS) is 40.6. The molecule has 1 aliphatic heterocycles. The molecule has 0 radical (unpaired) electrons. The van der Waals surface area contributed by atoms with Crippen molar-refractivity contribution in [1.29, 1.82) is 0 Å². The van der Waals surface area contributed by atoms with E-state index in [1.165, 1.54) is 0 Å². The van der Waals surface area contributed by atoms with E-state index in [1.807, 2.05) is 13.8 Å². The number of hydrogen-bond donors (Lipinski definition) is 1. The summed E-state index contributed by atoms with van der Waals surface area (Å²) < 4.78 is 11.0. The largest absolute Gasteiger partial charge is 0.481 e. The predicted octanol–water partition coefficient (Wildman–Crippen LogP) is 1.64. The minimum absolute atomic E-state index is 0.0468. The van der Waals surface area contributed by atoms with Crippen LogP contribution in [0, 0.1) is 5.92 Å². The highest BCUT2D eigenvalue weighted by atomic mass is 16.7. The Morgan fingerprint density at radius 1 is 1.57 bits per heavy atom. The number of ether oxygens (including phenoxy) is 2. The number of carboxylic acid groups (broad SMARTS) is 1. The molecule has 1 N–H and O–H groups in total. The lowest BCUT2D eigenvalue weighted by Crippen LogP contribution is -2.50. The Labute approximate surface area is 84.2 Å². The Balaban J connectivity index is 2.76. The number of carbonyl (C=O) groups is 1. The van der Waals surface area contributed by atoms with E-state index in [0.29, 0.717) is 6.42 Å². The number of rotatable bonds is 2. The zero-order valence-electron chi connectivity index (χ0n) is 9.11. The zero-order chi connectivity index (χ0) is 10.9. The number of carboxylic acids is 1.